The first kappa shape index (κ1) is 18.4. The Morgan fingerprint density at radius 3 is 2.58 bits per heavy atom. The van der Waals surface area contributed by atoms with Gasteiger partial charge in [0.2, 0.25) is 0 Å². The third kappa shape index (κ3) is 4.20. The van der Waals surface area contributed by atoms with Crippen molar-refractivity contribution in [3.8, 4) is 11.3 Å². The van der Waals surface area contributed by atoms with Crippen molar-refractivity contribution in [3.05, 3.63) is 64.3 Å². The highest BCUT2D eigenvalue weighted by Crippen LogP contribution is 2.24. The van der Waals surface area contributed by atoms with Crippen LogP contribution in [0.2, 0.25) is 10.2 Å². The van der Waals surface area contributed by atoms with Crippen LogP contribution in [0.1, 0.15) is 11.5 Å². The van der Waals surface area contributed by atoms with E-state index in [1.807, 2.05) is 54.2 Å². The molecule has 0 unspecified atom stereocenters. The van der Waals surface area contributed by atoms with Gasteiger partial charge in [-0.1, -0.05) is 53.5 Å². The first-order valence-corrected chi connectivity index (χ1v) is 8.87. The van der Waals surface area contributed by atoms with Crippen LogP contribution >= 0.6 is 23.2 Å². The molecule has 3 rings (SSSR count). The number of hydrogen-bond acceptors (Lipinski definition) is 2. The molecule has 26 heavy (non-hydrogen) atoms. The fraction of sp³-hybridized carbons (Fsp3) is 0.222. The van der Waals surface area contributed by atoms with Crippen LogP contribution < -0.4 is 10.6 Å². The number of rotatable bonds is 5. The Bertz CT molecular complexity index is 898. The summed E-state index contributed by atoms with van der Waals surface area (Å²) in [4.78, 5) is 11.9. The molecule has 136 valence electrons. The monoisotopic (exact) mass is 390 g/mol. The number of aromatic amines is 1. The van der Waals surface area contributed by atoms with Crippen molar-refractivity contribution in [2.75, 3.05) is 7.05 Å². The van der Waals surface area contributed by atoms with Crippen molar-refractivity contribution >= 4 is 29.2 Å². The number of hydrogen-bond donors (Lipinski definition) is 3. The van der Waals surface area contributed by atoms with Crippen LogP contribution in [0.4, 0.5) is 0 Å². The number of H-pyrrole nitrogens is 1. The molecule has 0 spiro atoms. The molecular weight excluding hydrogens is 371 g/mol. The Balaban J connectivity index is 1.56. The standard InChI is InChI=1S/C18H20Cl2N6/c1-21-18(23-9-13-8-14(19)17(20)26(13)2)24-11-16-22-10-15(25-16)12-6-4-3-5-7-12/h3-8,10H,9,11H2,1-2H3,(H,22,25)(H2,21,23,24). The van der Waals surface area contributed by atoms with Crippen molar-refractivity contribution in [3.63, 3.8) is 0 Å². The maximum atomic E-state index is 6.09. The number of nitrogens with zero attached hydrogens (tertiary/aromatic N) is 3. The lowest BCUT2D eigenvalue weighted by Gasteiger charge is -2.11. The lowest BCUT2D eigenvalue weighted by atomic mass is 10.2. The number of nitrogens with one attached hydrogen (secondary N) is 3. The van der Waals surface area contributed by atoms with Crippen molar-refractivity contribution < 1.29 is 0 Å². The van der Waals surface area contributed by atoms with E-state index in [9.17, 15) is 0 Å². The molecule has 3 N–H and O–H groups in total. The van der Waals surface area contributed by atoms with Crippen molar-refractivity contribution in [1.82, 2.24) is 25.2 Å². The molecule has 3 aromatic rings. The highest BCUT2D eigenvalue weighted by atomic mass is 35.5. The summed E-state index contributed by atoms with van der Waals surface area (Å²) >= 11 is 12.1. The Kier molecular flexibility index (Phi) is 5.85. The SMILES string of the molecule is CN=C(NCc1ncc(-c2ccccc2)[nH]1)NCc1cc(Cl)c(Cl)n1C. The van der Waals surface area contributed by atoms with Gasteiger partial charge in [0.15, 0.2) is 5.96 Å². The van der Waals surface area contributed by atoms with Crippen molar-refractivity contribution in [2.24, 2.45) is 12.0 Å². The van der Waals surface area contributed by atoms with Gasteiger partial charge in [-0.25, -0.2) is 4.98 Å². The van der Waals surface area contributed by atoms with Crippen LogP contribution in [0.15, 0.2) is 47.6 Å². The summed E-state index contributed by atoms with van der Waals surface area (Å²) in [6, 6.07) is 11.9. The molecule has 2 aromatic heterocycles. The van der Waals surface area contributed by atoms with E-state index in [1.54, 1.807) is 7.05 Å². The quantitative estimate of drug-likeness (QED) is 0.460. The molecule has 6 nitrogen and oxygen atoms in total. The van der Waals surface area contributed by atoms with Gasteiger partial charge >= 0.3 is 0 Å². The molecule has 0 saturated heterocycles. The molecule has 8 heteroatoms. The fourth-order valence-electron chi connectivity index (χ4n) is 2.54. The fourth-order valence-corrected chi connectivity index (χ4v) is 2.95. The van der Waals surface area contributed by atoms with Gasteiger partial charge in [-0.3, -0.25) is 4.99 Å². The average molecular weight is 391 g/mol. The molecule has 2 heterocycles. The molecule has 0 aliphatic carbocycles. The van der Waals surface area contributed by atoms with E-state index in [-0.39, 0.29) is 0 Å². The number of imidazole rings is 1. The Morgan fingerprint density at radius 2 is 1.92 bits per heavy atom. The first-order valence-electron chi connectivity index (χ1n) is 8.12. The van der Waals surface area contributed by atoms with Crippen LogP contribution in [0.25, 0.3) is 11.3 Å². The summed E-state index contributed by atoms with van der Waals surface area (Å²) < 4.78 is 1.84. The van der Waals surface area contributed by atoms with E-state index in [1.165, 1.54) is 0 Å². The van der Waals surface area contributed by atoms with E-state index in [4.69, 9.17) is 23.2 Å². The second-order valence-electron chi connectivity index (χ2n) is 5.72. The maximum absolute atomic E-state index is 6.09. The Labute approximate surface area is 162 Å². The highest BCUT2D eigenvalue weighted by molar-refractivity contribution is 6.41. The van der Waals surface area contributed by atoms with Gasteiger partial charge in [0.1, 0.15) is 11.0 Å². The zero-order valence-corrected chi connectivity index (χ0v) is 16.1. The molecular formula is C18H20Cl2N6. The van der Waals surface area contributed by atoms with E-state index in [2.05, 4.69) is 25.6 Å². The average Bonchev–Trinajstić information content (AvgIpc) is 3.23. The summed E-state index contributed by atoms with van der Waals surface area (Å²) in [5.74, 6) is 1.49. The zero-order chi connectivity index (χ0) is 18.5. The topological polar surface area (TPSA) is 70.0 Å². The molecule has 0 amide bonds. The molecule has 0 aliphatic heterocycles. The van der Waals surface area contributed by atoms with Crippen molar-refractivity contribution in [2.45, 2.75) is 13.1 Å². The van der Waals surface area contributed by atoms with Gasteiger partial charge in [-0.2, -0.15) is 0 Å². The number of benzene rings is 1. The van der Waals surface area contributed by atoms with Crippen LogP contribution in [-0.4, -0.2) is 27.5 Å². The predicted octanol–water partition coefficient (Wildman–Crippen LogP) is 3.59. The predicted molar refractivity (Wildman–Crippen MR) is 106 cm³/mol. The molecule has 0 fully saturated rings. The lowest BCUT2D eigenvalue weighted by molar-refractivity contribution is 0.741. The molecule has 1 aromatic carbocycles. The summed E-state index contributed by atoms with van der Waals surface area (Å²) in [5.41, 5.74) is 3.05. The molecule has 0 bridgehead atoms. The number of aliphatic imine (C=N–C) groups is 1. The smallest absolute Gasteiger partial charge is 0.191 e. The highest BCUT2D eigenvalue weighted by Gasteiger charge is 2.09. The first-order chi connectivity index (χ1) is 12.6. The number of halogens is 2. The molecule has 0 aliphatic rings. The second-order valence-corrected chi connectivity index (χ2v) is 6.49. The summed E-state index contributed by atoms with van der Waals surface area (Å²) in [5, 5.41) is 7.53. The zero-order valence-electron chi connectivity index (χ0n) is 14.6. The summed E-state index contributed by atoms with van der Waals surface area (Å²) in [6.45, 7) is 1.08. The third-order valence-electron chi connectivity index (χ3n) is 4.01. The van der Waals surface area contributed by atoms with Gasteiger partial charge in [-0.05, 0) is 11.6 Å². The van der Waals surface area contributed by atoms with Gasteiger partial charge in [0.05, 0.1) is 30.0 Å². The molecule has 0 saturated carbocycles. The minimum atomic E-state index is 0.524. The lowest BCUT2D eigenvalue weighted by Crippen LogP contribution is -2.36. The van der Waals surface area contributed by atoms with E-state index < -0.39 is 0 Å². The maximum Gasteiger partial charge on any atom is 0.191 e. The van der Waals surface area contributed by atoms with Crippen LogP contribution in [0.3, 0.4) is 0 Å². The minimum Gasteiger partial charge on any atom is -0.351 e. The van der Waals surface area contributed by atoms with Crippen molar-refractivity contribution in [1.29, 1.82) is 0 Å². The van der Waals surface area contributed by atoms with Gasteiger partial charge in [0.25, 0.3) is 0 Å². The summed E-state index contributed by atoms with van der Waals surface area (Å²) in [7, 11) is 3.59. The Hall–Kier alpha value is -2.44. The molecule has 0 atom stereocenters. The largest absolute Gasteiger partial charge is 0.351 e. The number of guanidine groups is 1. The normalized spacial score (nSPS) is 11.6. The second kappa shape index (κ2) is 8.29. The third-order valence-corrected chi connectivity index (χ3v) is 4.85. The van der Waals surface area contributed by atoms with Gasteiger partial charge < -0.3 is 20.2 Å². The van der Waals surface area contributed by atoms with E-state index >= 15 is 0 Å². The van der Waals surface area contributed by atoms with E-state index in [0.29, 0.717) is 29.2 Å². The number of aromatic nitrogens is 3. The van der Waals surface area contributed by atoms with Crippen LogP contribution in [-0.2, 0) is 20.1 Å². The molecule has 0 radical (unpaired) electrons. The van der Waals surface area contributed by atoms with Crippen LogP contribution in [0.5, 0.6) is 0 Å². The Morgan fingerprint density at radius 1 is 1.19 bits per heavy atom. The van der Waals surface area contributed by atoms with Crippen LogP contribution in [0, 0.1) is 0 Å². The van der Waals surface area contributed by atoms with Gasteiger partial charge in [-0.15, -0.1) is 0 Å². The van der Waals surface area contributed by atoms with E-state index in [0.717, 1.165) is 22.8 Å². The minimum absolute atomic E-state index is 0.524. The summed E-state index contributed by atoms with van der Waals surface area (Å²) in [6.07, 6.45) is 1.83. The van der Waals surface area contributed by atoms with Gasteiger partial charge in [0, 0.05) is 19.8 Å².